The number of ether oxygens (including phenoxy) is 4. The van der Waals surface area contributed by atoms with E-state index in [2.05, 4.69) is 25.8 Å². The van der Waals surface area contributed by atoms with Gasteiger partial charge < -0.3 is 50.1 Å². The maximum atomic E-state index is 13.2. The van der Waals surface area contributed by atoms with Gasteiger partial charge in [0.15, 0.2) is 0 Å². The largest absolute Gasteiger partial charge is 0.506 e. The smallest absolute Gasteiger partial charge is 0.408 e. The van der Waals surface area contributed by atoms with E-state index >= 15 is 0 Å². The van der Waals surface area contributed by atoms with Crippen LogP contribution >= 0.6 is 0 Å². The summed E-state index contributed by atoms with van der Waals surface area (Å²) in [5.41, 5.74) is 4.48. The molecule has 2 amide bonds. The van der Waals surface area contributed by atoms with Crippen molar-refractivity contribution in [1.29, 1.82) is 0 Å². The van der Waals surface area contributed by atoms with Crippen LogP contribution in [0.2, 0.25) is 0 Å². The van der Waals surface area contributed by atoms with Crippen LogP contribution in [0.15, 0.2) is 126 Å². The quantitative estimate of drug-likeness (QED) is 0.0426. The predicted molar refractivity (Wildman–Crippen MR) is 247 cm³/mol. The number of piperidine rings is 3. The molecule has 3 aliphatic rings. The molecule has 0 aliphatic carbocycles. The van der Waals surface area contributed by atoms with Crippen LogP contribution in [0.1, 0.15) is 73.5 Å². The first-order valence-corrected chi connectivity index (χ1v) is 22.0. The molecule has 0 saturated carbocycles. The Kier molecular flexibility index (Phi) is 14.6. The Balaban J connectivity index is 0.777. The van der Waals surface area contributed by atoms with Gasteiger partial charge >= 0.3 is 12.1 Å². The molecular formula is C51H53N5O10. The number of aromatic amines is 1. The monoisotopic (exact) mass is 895 g/mol. The van der Waals surface area contributed by atoms with Gasteiger partial charge in [0.1, 0.15) is 36.6 Å². The van der Waals surface area contributed by atoms with E-state index in [1.165, 1.54) is 19.2 Å². The lowest BCUT2D eigenvalue weighted by molar-refractivity contribution is -0.0336. The number of H-pyrrole nitrogens is 1. The first-order valence-electron chi connectivity index (χ1n) is 22.0. The Bertz CT molecular complexity index is 2700. The number of carbonyl (C=O) groups is 3. The lowest BCUT2D eigenvalue weighted by Gasteiger charge is -2.43. The van der Waals surface area contributed by atoms with Crippen molar-refractivity contribution in [1.82, 2.24) is 25.8 Å². The summed E-state index contributed by atoms with van der Waals surface area (Å²) >= 11 is 0. The van der Waals surface area contributed by atoms with E-state index in [0.29, 0.717) is 46.0 Å². The zero-order valence-corrected chi connectivity index (χ0v) is 36.5. The number of benzene rings is 5. The number of hydrogen-bond acceptors (Lipinski definition) is 12. The second kappa shape index (κ2) is 21.2. The highest BCUT2D eigenvalue weighted by Crippen LogP contribution is 2.32. The summed E-state index contributed by atoms with van der Waals surface area (Å²) < 4.78 is 23.1. The van der Waals surface area contributed by atoms with Crippen LogP contribution in [0.25, 0.3) is 10.9 Å². The molecule has 2 bridgehead atoms. The van der Waals surface area contributed by atoms with E-state index in [-0.39, 0.29) is 55.1 Å². The number of amides is 2. The number of fused-ring (bicyclic) bond motifs is 4. The summed E-state index contributed by atoms with van der Waals surface area (Å²) in [6.07, 6.45) is 0.618. The maximum absolute atomic E-state index is 13.2. The highest BCUT2D eigenvalue weighted by molar-refractivity contribution is 5.95. The molecule has 6 N–H and O–H groups in total. The van der Waals surface area contributed by atoms with E-state index in [9.17, 15) is 29.4 Å². The molecule has 5 aromatic carbocycles. The van der Waals surface area contributed by atoms with Crippen LogP contribution < -0.4 is 31.0 Å². The summed E-state index contributed by atoms with van der Waals surface area (Å²) in [5.74, 6) is 0.491. The number of phenolic OH excluding ortho intramolecular Hbond substituents is 1. The third-order valence-electron chi connectivity index (χ3n) is 12.1. The average molecular weight is 896 g/mol. The van der Waals surface area contributed by atoms with Crippen molar-refractivity contribution in [2.75, 3.05) is 46.4 Å². The Labute approximate surface area is 381 Å². The van der Waals surface area contributed by atoms with Crippen molar-refractivity contribution in [2.45, 2.75) is 44.2 Å². The molecule has 9 rings (SSSR count). The fraction of sp³-hybridized carbons (Fsp3) is 0.294. The van der Waals surface area contributed by atoms with E-state index in [1.807, 2.05) is 54.6 Å². The molecule has 3 saturated heterocycles. The molecule has 3 aliphatic heterocycles. The SMILES string of the molecule is COc1cc(C(=O)NCCOC(=O)c2ccc(COc3cccc(C(NC(=O)O[C@H]4CN5CCC4CC5)c4ccccc4)c3)cc2)ccc1CNC[C@@H](O)c1ccc(O)c2[nH]c(=O)ccc12. The fourth-order valence-corrected chi connectivity index (χ4v) is 8.55. The zero-order valence-electron chi connectivity index (χ0n) is 36.5. The number of aromatic hydroxyl groups is 1. The van der Waals surface area contributed by atoms with Crippen LogP contribution in [0.5, 0.6) is 17.2 Å². The second-order valence-corrected chi connectivity index (χ2v) is 16.5. The van der Waals surface area contributed by atoms with Gasteiger partial charge in [-0.25, -0.2) is 9.59 Å². The number of aliphatic hydroxyl groups excluding tert-OH is 1. The number of nitrogens with zero attached hydrogens (tertiary/aromatic N) is 1. The summed E-state index contributed by atoms with van der Waals surface area (Å²) in [5, 5.41) is 30.6. The van der Waals surface area contributed by atoms with Crippen LogP contribution in [0, 0.1) is 5.92 Å². The molecule has 3 fully saturated rings. The van der Waals surface area contributed by atoms with Crippen LogP contribution in [-0.2, 0) is 22.6 Å². The predicted octanol–water partition coefficient (Wildman–Crippen LogP) is 6.14. The number of pyridine rings is 1. The van der Waals surface area contributed by atoms with Crippen LogP contribution in [-0.4, -0.2) is 90.6 Å². The summed E-state index contributed by atoms with van der Waals surface area (Å²) in [6, 6.07) is 34.8. The number of methoxy groups -OCH3 is 1. The number of carbonyl (C=O) groups excluding carboxylic acids is 3. The van der Waals surface area contributed by atoms with Crippen molar-refractivity contribution in [3.05, 3.63) is 171 Å². The Morgan fingerprint density at radius 2 is 1.64 bits per heavy atom. The van der Waals surface area contributed by atoms with Gasteiger partial charge in [0.2, 0.25) is 5.56 Å². The summed E-state index contributed by atoms with van der Waals surface area (Å²) in [4.78, 5) is 55.8. The Hall–Kier alpha value is -7.20. The van der Waals surface area contributed by atoms with Gasteiger partial charge in [-0.05, 0) is 103 Å². The third kappa shape index (κ3) is 11.2. The van der Waals surface area contributed by atoms with Gasteiger partial charge in [-0.2, -0.15) is 0 Å². The second-order valence-electron chi connectivity index (χ2n) is 16.5. The molecular weight excluding hydrogens is 843 g/mol. The van der Waals surface area contributed by atoms with Gasteiger partial charge in [0.05, 0.1) is 36.9 Å². The number of phenols is 1. The molecule has 0 radical (unpaired) electrons. The highest BCUT2D eigenvalue weighted by Gasteiger charge is 2.37. The number of alkyl carbamates (subject to hydrolysis) is 1. The number of rotatable bonds is 18. The minimum Gasteiger partial charge on any atom is -0.506 e. The van der Waals surface area contributed by atoms with Crippen LogP contribution in [0.3, 0.4) is 0 Å². The van der Waals surface area contributed by atoms with E-state index in [4.69, 9.17) is 18.9 Å². The average Bonchev–Trinajstić information content (AvgIpc) is 3.35. The van der Waals surface area contributed by atoms with Crippen molar-refractivity contribution in [3.8, 4) is 17.2 Å². The molecule has 3 atom stereocenters. The molecule has 0 spiro atoms. The lowest BCUT2D eigenvalue weighted by atomic mass is 9.86. The summed E-state index contributed by atoms with van der Waals surface area (Å²) in [7, 11) is 1.50. The van der Waals surface area contributed by atoms with Gasteiger partial charge in [-0.1, -0.05) is 66.7 Å². The number of nitrogens with one attached hydrogen (secondary N) is 4. The minimum atomic E-state index is -0.942. The van der Waals surface area contributed by atoms with Crippen molar-refractivity contribution in [2.24, 2.45) is 5.92 Å². The Morgan fingerprint density at radius 3 is 2.39 bits per heavy atom. The first-order chi connectivity index (χ1) is 32.1. The van der Waals surface area contributed by atoms with Gasteiger partial charge in [-0.3, -0.25) is 14.5 Å². The van der Waals surface area contributed by atoms with Gasteiger partial charge in [0, 0.05) is 42.2 Å². The van der Waals surface area contributed by atoms with Crippen molar-refractivity contribution >= 4 is 28.9 Å². The number of aliphatic hydroxyl groups is 1. The number of esters is 1. The molecule has 66 heavy (non-hydrogen) atoms. The Morgan fingerprint density at radius 1 is 0.864 bits per heavy atom. The molecule has 1 unspecified atom stereocenters. The first kappa shape index (κ1) is 45.4. The van der Waals surface area contributed by atoms with Crippen molar-refractivity contribution < 1.29 is 43.5 Å². The number of hydrogen-bond donors (Lipinski definition) is 6. The van der Waals surface area contributed by atoms with Crippen LogP contribution in [0.4, 0.5) is 4.79 Å². The van der Waals surface area contributed by atoms with Crippen molar-refractivity contribution in [3.63, 3.8) is 0 Å². The highest BCUT2D eigenvalue weighted by atomic mass is 16.6. The molecule has 6 aromatic rings. The fourth-order valence-electron chi connectivity index (χ4n) is 8.55. The third-order valence-corrected chi connectivity index (χ3v) is 12.1. The molecule has 15 nitrogen and oxygen atoms in total. The van der Waals surface area contributed by atoms with E-state index < -0.39 is 24.2 Å². The van der Waals surface area contributed by atoms with Gasteiger partial charge in [-0.15, -0.1) is 0 Å². The number of aromatic nitrogens is 1. The van der Waals surface area contributed by atoms with E-state index in [0.717, 1.165) is 54.7 Å². The summed E-state index contributed by atoms with van der Waals surface area (Å²) in [6.45, 7) is 3.67. The zero-order chi connectivity index (χ0) is 46.0. The molecule has 342 valence electrons. The minimum absolute atomic E-state index is 0.0457. The normalized spacial score (nSPS) is 17.3. The molecule has 4 heterocycles. The molecule has 1 aromatic heterocycles. The lowest BCUT2D eigenvalue weighted by Crippen LogP contribution is -2.52. The molecule has 15 heteroatoms. The maximum Gasteiger partial charge on any atom is 0.408 e. The van der Waals surface area contributed by atoms with Gasteiger partial charge in [0.25, 0.3) is 5.91 Å². The topological polar surface area (TPSA) is 201 Å². The van der Waals surface area contributed by atoms with E-state index in [1.54, 1.807) is 54.6 Å². The standard InChI is InChI=1S/C51H53N5O10/c1-63-44-27-37(14-15-38(44)28-52-29-43(58)40-16-18-42(57)48-41(40)17-19-46(59)54-48)49(60)53-22-25-64-50(61)35-12-10-32(11-13-35)31-65-39-9-5-8-36(26-39)47(34-6-3-2-4-7-34)55-51(62)66-45-30-56-23-20-33(45)21-24-56/h2-19,26-27,33,43,45,47,52,57-58H,20-25,28-31H2,1H3,(H,53,60)(H,54,59)(H,55,62)/t43-,45+,47?/m1/s1.